The van der Waals surface area contributed by atoms with Gasteiger partial charge in [0.05, 0.1) is 6.04 Å². The average molecular weight is 886 g/mol. The lowest BCUT2D eigenvalue weighted by molar-refractivity contribution is -0.142. The second kappa shape index (κ2) is 34.6. The Bertz CT molecular complexity index is 1510. The molecule has 0 saturated heterocycles. The maximum Gasteiger partial charge on any atom is 0.326 e. The van der Waals surface area contributed by atoms with Gasteiger partial charge in [0.2, 0.25) is 35.8 Å². The van der Waals surface area contributed by atoms with Gasteiger partial charge in [0.25, 0.3) is 0 Å². The van der Waals surface area contributed by atoms with Crippen molar-refractivity contribution in [1.82, 2.24) is 26.6 Å². The van der Waals surface area contributed by atoms with E-state index in [-0.39, 0.29) is 44.4 Å². The normalized spacial score (nSPS) is 13.9. The molecule has 0 unspecified atom stereocenters. The number of hydrogen-bond acceptors (Lipinski definition) is 9. The molecule has 63 heavy (non-hydrogen) atoms. The smallest absolute Gasteiger partial charge is 0.326 e. The van der Waals surface area contributed by atoms with Crippen molar-refractivity contribution >= 4 is 47.8 Å². The van der Waals surface area contributed by atoms with Crippen molar-refractivity contribution in [3.05, 3.63) is 35.9 Å². The summed E-state index contributed by atoms with van der Waals surface area (Å²) in [5.74, 6) is -6.22. The Kier molecular flexibility index (Phi) is 30.8. The number of carboxylic acid groups (broad SMARTS) is 2. The molecule has 0 heterocycles. The first-order chi connectivity index (χ1) is 30.3. The summed E-state index contributed by atoms with van der Waals surface area (Å²) in [6, 6.07) is 2.62. The Morgan fingerprint density at radius 1 is 0.571 bits per heavy atom. The third-order valence-electron chi connectivity index (χ3n) is 11.2. The maximum atomic E-state index is 13.8. The van der Waals surface area contributed by atoms with Crippen molar-refractivity contribution in [2.24, 2.45) is 11.7 Å². The van der Waals surface area contributed by atoms with E-state index in [1.807, 2.05) is 13.2 Å². The number of carboxylic acids is 2. The number of carbonyl (C=O) groups excluding carboxylic acids is 6. The number of hydrogen-bond donors (Lipinski definition) is 8. The van der Waals surface area contributed by atoms with E-state index in [9.17, 15) is 48.6 Å². The quantitative estimate of drug-likeness (QED) is 0.0403. The number of nitrogens with two attached hydrogens (primary N) is 1. The number of amides is 5. The highest BCUT2D eigenvalue weighted by atomic mass is 16.4. The molecule has 0 aromatic heterocycles. The molecule has 6 atom stereocenters. The number of aliphatic carboxylic acids is 2. The van der Waals surface area contributed by atoms with Crippen LogP contribution >= 0.6 is 0 Å². The standard InChI is InChI=1S/C47H77N6O10/c1-4-6-7-8-9-10-11-12-13-14-15-16-20-26-41(55)50-38(47(62)63)27-29-42(56)49-36(25-21-22-31-48)44(59)51-37(28-30-43(57)58)45(60)52-39(32-35-23-18-17-19-24-35)46(61)53-40(33-54)34(3)5-2/h17-19,23-24,34,36-40H,4-16,20-22,25-32,48H2,1-3H3,(H,49,56)(H,50,55)(H,51,59)(H,52,60)(H,53,61)(H,57,58)(H,62,63)/t34-,36-,37-,38-,39-,40+/m0/s1. The van der Waals surface area contributed by atoms with Gasteiger partial charge >= 0.3 is 11.9 Å². The average Bonchev–Trinajstić information content (AvgIpc) is 3.26. The molecule has 9 N–H and O–H groups in total. The van der Waals surface area contributed by atoms with Crippen LogP contribution in [0.25, 0.3) is 0 Å². The van der Waals surface area contributed by atoms with Crippen molar-refractivity contribution in [3.63, 3.8) is 0 Å². The summed E-state index contributed by atoms with van der Waals surface area (Å²) in [6.45, 7) is 6.14. The van der Waals surface area contributed by atoms with Gasteiger partial charge in [-0.15, -0.1) is 0 Å². The maximum absolute atomic E-state index is 13.8. The summed E-state index contributed by atoms with van der Waals surface area (Å²) >= 11 is 0. The summed E-state index contributed by atoms with van der Waals surface area (Å²) < 4.78 is 0. The highest BCUT2D eigenvalue weighted by molar-refractivity contribution is 5.95. The van der Waals surface area contributed by atoms with Gasteiger partial charge in [-0.1, -0.05) is 135 Å². The number of nitrogens with one attached hydrogen (secondary N) is 5. The van der Waals surface area contributed by atoms with Crippen LogP contribution in [0.1, 0.15) is 168 Å². The zero-order valence-electron chi connectivity index (χ0n) is 38.1. The first-order valence-electron chi connectivity index (χ1n) is 23.3. The van der Waals surface area contributed by atoms with Crippen LogP contribution in [0, 0.1) is 5.92 Å². The predicted octanol–water partition coefficient (Wildman–Crippen LogP) is 5.15. The van der Waals surface area contributed by atoms with Gasteiger partial charge in [-0.05, 0) is 56.6 Å². The third-order valence-corrected chi connectivity index (χ3v) is 11.2. The minimum atomic E-state index is -1.45. The molecule has 1 aromatic carbocycles. The topological polar surface area (TPSA) is 263 Å². The molecule has 355 valence electrons. The van der Waals surface area contributed by atoms with Gasteiger partial charge < -0.3 is 42.5 Å². The Balaban J connectivity index is 2.89. The first kappa shape index (κ1) is 56.2. The van der Waals surface area contributed by atoms with Crippen LogP contribution in [0.5, 0.6) is 0 Å². The van der Waals surface area contributed by atoms with Crippen LogP contribution < -0.4 is 32.3 Å². The molecule has 5 amide bonds. The Labute approximate surface area is 374 Å². The van der Waals surface area contributed by atoms with Gasteiger partial charge in [-0.25, -0.2) is 4.79 Å². The summed E-state index contributed by atoms with van der Waals surface area (Å²) in [5, 5.41) is 32.2. The van der Waals surface area contributed by atoms with Crippen molar-refractivity contribution in [2.45, 2.75) is 199 Å². The first-order valence-corrected chi connectivity index (χ1v) is 23.3. The molecular weight excluding hydrogens is 809 g/mol. The van der Waals surface area contributed by atoms with Crippen LogP contribution in [0.4, 0.5) is 0 Å². The second-order valence-corrected chi connectivity index (χ2v) is 16.6. The van der Waals surface area contributed by atoms with Crippen LogP contribution in [0.15, 0.2) is 30.3 Å². The van der Waals surface area contributed by atoms with Gasteiger partial charge in [0.1, 0.15) is 24.2 Å². The fourth-order valence-electron chi connectivity index (χ4n) is 7.05. The molecule has 16 nitrogen and oxygen atoms in total. The van der Waals surface area contributed by atoms with Gasteiger partial charge in [-0.2, -0.15) is 0 Å². The molecule has 1 rings (SSSR count). The van der Waals surface area contributed by atoms with E-state index in [0.717, 1.165) is 19.3 Å². The van der Waals surface area contributed by atoms with Crippen molar-refractivity contribution in [2.75, 3.05) is 6.54 Å². The predicted molar refractivity (Wildman–Crippen MR) is 242 cm³/mol. The van der Waals surface area contributed by atoms with Crippen LogP contribution in [0.2, 0.25) is 0 Å². The highest BCUT2D eigenvalue weighted by Crippen LogP contribution is 2.14. The highest BCUT2D eigenvalue weighted by Gasteiger charge is 2.32. The van der Waals surface area contributed by atoms with Crippen LogP contribution in [-0.2, 0) is 44.8 Å². The van der Waals surface area contributed by atoms with E-state index >= 15 is 0 Å². The molecule has 1 aromatic rings. The van der Waals surface area contributed by atoms with Crippen molar-refractivity contribution in [3.8, 4) is 0 Å². The molecule has 0 spiro atoms. The SMILES string of the molecule is CCCCCCCCCCCCCCCC(=O)N[C@@H](CCC(=O)N[C@@H](CCCCN)C(=O)N[C@@H](CCC(=O)O)C(=O)N[C@@H](Cc1ccccc1)C(=O)N[C@H]([C]=O)[C@@H](C)CC)C(=O)O. The molecular formula is C47H77N6O10. The van der Waals surface area contributed by atoms with E-state index in [1.54, 1.807) is 37.3 Å². The van der Waals surface area contributed by atoms with E-state index in [1.165, 1.54) is 57.8 Å². The van der Waals surface area contributed by atoms with Gasteiger partial charge in [-0.3, -0.25) is 33.6 Å². The number of benzene rings is 1. The van der Waals surface area contributed by atoms with Crippen molar-refractivity contribution in [1.29, 1.82) is 0 Å². The lowest BCUT2D eigenvalue weighted by atomic mass is 9.99. The lowest BCUT2D eigenvalue weighted by Gasteiger charge is -2.26. The molecule has 0 aliphatic rings. The number of rotatable bonds is 38. The summed E-state index contributed by atoms with van der Waals surface area (Å²) in [4.78, 5) is 102. The minimum absolute atomic E-state index is 0.0130. The van der Waals surface area contributed by atoms with E-state index in [0.29, 0.717) is 37.8 Å². The third kappa shape index (κ3) is 26.4. The van der Waals surface area contributed by atoms with E-state index in [4.69, 9.17) is 5.73 Å². The molecule has 16 heteroatoms. The lowest BCUT2D eigenvalue weighted by Crippen LogP contribution is -2.58. The number of carbonyl (C=O) groups is 7. The van der Waals surface area contributed by atoms with E-state index in [2.05, 4.69) is 33.5 Å². The minimum Gasteiger partial charge on any atom is -0.481 e. The molecule has 1 radical (unpaired) electrons. The second-order valence-electron chi connectivity index (χ2n) is 16.6. The summed E-state index contributed by atoms with van der Waals surface area (Å²) in [6.07, 6.45) is 17.1. The Hall–Kier alpha value is -4.86. The summed E-state index contributed by atoms with van der Waals surface area (Å²) in [5.41, 5.74) is 6.35. The van der Waals surface area contributed by atoms with Crippen LogP contribution in [0.3, 0.4) is 0 Å². The molecule has 0 aliphatic carbocycles. The fraction of sp³-hybridized carbons (Fsp3) is 0.702. The molecule has 0 bridgehead atoms. The zero-order valence-corrected chi connectivity index (χ0v) is 38.1. The fourth-order valence-corrected chi connectivity index (χ4v) is 7.05. The zero-order chi connectivity index (χ0) is 46.8. The van der Waals surface area contributed by atoms with Crippen molar-refractivity contribution < 1.29 is 48.6 Å². The molecule has 0 fully saturated rings. The largest absolute Gasteiger partial charge is 0.481 e. The van der Waals surface area contributed by atoms with Crippen LogP contribution in [-0.4, -0.2) is 94.7 Å². The Morgan fingerprint density at radius 3 is 1.59 bits per heavy atom. The van der Waals surface area contributed by atoms with E-state index < -0.39 is 78.1 Å². The summed E-state index contributed by atoms with van der Waals surface area (Å²) in [7, 11) is 0. The van der Waals surface area contributed by atoms with Gasteiger partial charge in [0.15, 0.2) is 0 Å². The van der Waals surface area contributed by atoms with Gasteiger partial charge in [0, 0.05) is 25.7 Å². The molecule has 0 saturated carbocycles. The monoisotopic (exact) mass is 886 g/mol. The Morgan fingerprint density at radius 2 is 1.06 bits per heavy atom. The molecule has 0 aliphatic heterocycles. The number of unbranched alkanes of at least 4 members (excludes halogenated alkanes) is 13.